The SMILES string of the molecule is COCC(C)(NC(=O)O)c1cccc(Cl)c1. The molecule has 1 amide bonds. The topological polar surface area (TPSA) is 58.6 Å². The zero-order chi connectivity index (χ0) is 12.2. The Morgan fingerprint density at radius 1 is 1.62 bits per heavy atom. The Bertz CT molecular complexity index is 383. The van der Waals surface area contributed by atoms with E-state index in [1.165, 1.54) is 7.11 Å². The van der Waals surface area contributed by atoms with Gasteiger partial charge in [-0.15, -0.1) is 0 Å². The van der Waals surface area contributed by atoms with Gasteiger partial charge in [-0.25, -0.2) is 4.79 Å². The van der Waals surface area contributed by atoms with Gasteiger partial charge in [-0.2, -0.15) is 0 Å². The molecule has 0 aliphatic heterocycles. The van der Waals surface area contributed by atoms with Crippen LogP contribution in [-0.2, 0) is 10.3 Å². The van der Waals surface area contributed by atoms with Gasteiger partial charge in [-0.1, -0.05) is 23.7 Å². The molecule has 0 aliphatic rings. The Morgan fingerprint density at radius 2 is 2.31 bits per heavy atom. The van der Waals surface area contributed by atoms with Gasteiger partial charge in [0, 0.05) is 12.1 Å². The van der Waals surface area contributed by atoms with Crippen molar-refractivity contribution < 1.29 is 14.6 Å². The van der Waals surface area contributed by atoms with Crippen molar-refractivity contribution in [1.29, 1.82) is 0 Å². The zero-order valence-corrected chi connectivity index (χ0v) is 9.91. The fourth-order valence-corrected chi connectivity index (χ4v) is 1.74. The predicted molar refractivity (Wildman–Crippen MR) is 61.8 cm³/mol. The minimum absolute atomic E-state index is 0.236. The van der Waals surface area contributed by atoms with Crippen molar-refractivity contribution in [3.8, 4) is 0 Å². The van der Waals surface area contributed by atoms with E-state index in [0.717, 1.165) is 5.56 Å². The first-order valence-corrected chi connectivity index (χ1v) is 5.12. The number of nitrogens with one attached hydrogen (secondary N) is 1. The molecule has 2 N–H and O–H groups in total. The number of hydrogen-bond donors (Lipinski definition) is 2. The van der Waals surface area contributed by atoms with E-state index in [9.17, 15) is 4.79 Å². The quantitative estimate of drug-likeness (QED) is 0.854. The van der Waals surface area contributed by atoms with Crippen molar-refractivity contribution in [2.24, 2.45) is 0 Å². The molecule has 0 bridgehead atoms. The molecule has 0 aromatic heterocycles. The summed E-state index contributed by atoms with van der Waals surface area (Å²) in [7, 11) is 1.52. The molecular formula is C11H14ClNO3. The van der Waals surface area contributed by atoms with Crippen molar-refractivity contribution in [3.05, 3.63) is 34.9 Å². The molecule has 1 atom stereocenters. The summed E-state index contributed by atoms with van der Waals surface area (Å²) in [5.74, 6) is 0. The third-order valence-corrected chi connectivity index (χ3v) is 2.51. The molecule has 0 saturated heterocycles. The standard InChI is InChI=1S/C11H14ClNO3/c1-11(7-16-2,13-10(14)15)8-4-3-5-9(12)6-8/h3-6,13H,7H2,1-2H3,(H,14,15). The van der Waals surface area contributed by atoms with Gasteiger partial charge in [0.05, 0.1) is 12.1 Å². The van der Waals surface area contributed by atoms with Gasteiger partial charge in [0.25, 0.3) is 0 Å². The van der Waals surface area contributed by atoms with Crippen LogP contribution in [0.15, 0.2) is 24.3 Å². The van der Waals surface area contributed by atoms with Gasteiger partial charge in [-0.05, 0) is 24.6 Å². The number of ether oxygens (including phenoxy) is 1. The van der Waals surface area contributed by atoms with Crippen LogP contribution < -0.4 is 5.32 Å². The Hall–Kier alpha value is -1.26. The Morgan fingerprint density at radius 3 is 2.81 bits per heavy atom. The van der Waals surface area contributed by atoms with Crippen LogP contribution in [-0.4, -0.2) is 24.9 Å². The number of hydrogen-bond acceptors (Lipinski definition) is 2. The molecule has 0 radical (unpaired) electrons. The highest BCUT2D eigenvalue weighted by molar-refractivity contribution is 6.30. The maximum atomic E-state index is 10.7. The monoisotopic (exact) mass is 243 g/mol. The number of halogens is 1. The third-order valence-electron chi connectivity index (χ3n) is 2.28. The number of amides is 1. The molecule has 5 heteroatoms. The highest BCUT2D eigenvalue weighted by Gasteiger charge is 2.28. The van der Waals surface area contributed by atoms with E-state index in [0.29, 0.717) is 5.02 Å². The fraction of sp³-hybridized carbons (Fsp3) is 0.364. The van der Waals surface area contributed by atoms with E-state index in [4.69, 9.17) is 21.4 Å². The Balaban J connectivity index is 3.05. The average molecular weight is 244 g/mol. The molecule has 0 spiro atoms. The molecule has 0 aliphatic carbocycles. The predicted octanol–water partition coefficient (Wildman–Crippen LogP) is 2.47. The Kier molecular flexibility index (Phi) is 4.15. The number of methoxy groups -OCH3 is 1. The smallest absolute Gasteiger partial charge is 0.405 e. The Labute approximate surface area is 99.2 Å². The molecule has 0 saturated carbocycles. The molecule has 1 aromatic rings. The summed E-state index contributed by atoms with van der Waals surface area (Å²) in [6, 6.07) is 7.03. The second-order valence-corrected chi connectivity index (χ2v) is 4.14. The summed E-state index contributed by atoms with van der Waals surface area (Å²) in [5.41, 5.74) is -0.0323. The first-order valence-electron chi connectivity index (χ1n) is 4.74. The van der Waals surface area contributed by atoms with Crippen LogP contribution >= 0.6 is 11.6 Å². The molecule has 4 nitrogen and oxygen atoms in total. The second kappa shape index (κ2) is 5.18. The minimum Gasteiger partial charge on any atom is -0.465 e. The van der Waals surface area contributed by atoms with Gasteiger partial charge in [0.15, 0.2) is 0 Å². The number of benzene rings is 1. The highest BCUT2D eigenvalue weighted by Crippen LogP contribution is 2.23. The van der Waals surface area contributed by atoms with Gasteiger partial charge in [0.2, 0.25) is 0 Å². The first-order chi connectivity index (χ1) is 7.48. The molecule has 1 unspecified atom stereocenters. The number of carboxylic acid groups (broad SMARTS) is 1. The first kappa shape index (κ1) is 12.8. The van der Waals surface area contributed by atoms with E-state index < -0.39 is 11.6 Å². The van der Waals surface area contributed by atoms with Crippen molar-refractivity contribution in [2.45, 2.75) is 12.5 Å². The molecule has 1 aromatic carbocycles. The number of carbonyl (C=O) groups is 1. The molecule has 1 rings (SSSR count). The van der Waals surface area contributed by atoms with Crippen LogP contribution in [0.1, 0.15) is 12.5 Å². The average Bonchev–Trinajstić information content (AvgIpc) is 2.16. The highest BCUT2D eigenvalue weighted by atomic mass is 35.5. The summed E-state index contributed by atoms with van der Waals surface area (Å²) in [6.45, 7) is 1.98. The van der Waals surface area contributed by atoms with Crippen molar-refractivity contribution in [3.63, 3.8) is 0 Å². The van der Waals surface area contributed by atoms with E-state index in [-0.39, 0.29) is 6.61 Å². The summed E-state index contributed by atoms with van der Waals surface area (Å²) < 4.78 is 5.03. The summed E-state index contributed by atoms with van der Waals surface area (Å²) in [4.78, 5) is 10.7. The third kappa shape index (κ3) is 3.12. The van der Waals surface area contributed by atoms with Gasteiger partial charge < -0.3 is 15.2 Å². The van der Waals surface area contributed by atoms with Crippen LogP contribution in [0.4, 0.5) is 4.79 Å². The molecule has 0 heterocycles. The summed E-state index contributed by atoms with van der Waals surface area (Å²) >= 11 is 5.87. The zero-order valence-electron chi connectivity index (χ0n) is 9.16. The molecule has 88 valence electrons. The van der Waals surface area contributed by atoms with Crippen molar-refractivity contribution >= 4 is 17.7 Å². The second-order valence-electron chi connectivity index (χ2n) is 3.71. The van der Waals surface area contributed by atoms with E-state index in [1.807, 2.05) is 0 Å². The largest absolute Gasteiger partial charge is 0.465 e. The summed E-state index contributed by atoms with van der Waals surface area (Å²) in [6.07, 6.45) is -1.10. The van der Waals surface area contributed by atoms with Crippen molar-refractivity contribution in [2.75, 3.05) is 13.7 Å². The minimum atomic E-state index is -1.10. The van der Waals surface area contributed by atoms with Crippen LogP contribution in [0, 0.1) is 0 Å². The maximum Gasteiger partial charge on any atom is 0.405 e. The lowest BCUT2D eigenvalue weighted by molar-refractivity contribution is 0.111. The molecular weight excluding hydrogens is 230 g/mol. The number of rotatable bonds is 4. The van der Waals surface area contributed by atoms with E-state index in [2.05, 4.69) is 5.32 Å². The maximum absolute atomic E-state index is 10.7. The summed E-state index contributed by atoms with van der Waals surface area (Å²) in [5, 5.41) is 11.8. The lowest BCUT2D eigenvalue weighted by atomic mass is 9.93. The van der Waals surface area contributed by atoms with E-state index >= 15 is 0 Å². The molecule has 16 heavy (non-hydrogen) atoms. The lowest BCUT2D eigenvalue weighted by Gasteiger charge is -2.29. The van der Waals surface area contributed by atoms with Crippen LogP contribution in [0.25, 0.3) is 0 Å². The molecule has 0 fully saturated rings. The van der Waals surface area contributed by atoms with E-state index in [1.54, 1.807) is 31.2 Å². The van der Waals surface area contributed by atoms with Crippen LogP contribution in [0.2, 0.25) is 5.02 Å². The lowest BCUT2D eigenvalue weighted by Crippen LogP contribution is -2.46. The fourth-order valence-electron chi connectivity index (χ4n) is 1.55. The van der Waals surface area contributed by atoms with Crippen molar-refractivity contribution in [1.82, 2.24) is 5.32 Å². The normalized spacial score (nSPS) is 14.2. The van der Waals surface area contributed by atoms with Gasteiger partial charge in [0.1, 0.15) is 0 Å². The van der Waals surface area contributed by atoms with Gasteiger partial charge in [-0.3, -0.25) is 0 Å². The van der Waals surface area contributed by atoms with Crippen LogP contribution in [0.5, 0.6) is 0 Å². The van der Waals surface area contributed by atoms with Crippen LogP contribution in [0.3, 0.4) is 0 Å². The van der Waals surface area contributed by atoms with Gasteiger partial charge >= 0.3 is 6.09 Å².